The number of fused-ring (bicyclic) bond motifs is 4. The Morgan fingerprint density at radius 1 is 0.906 bits per heavy atom. The number of phenols is 1. The van der Waals surface area contributed by atoms with Crippen molar-refractivity contribution in [1.29, 1.82) is 0 Å². The van der Waals surface area contributed by atoms with E-state index in [9.17, 15) is 48.9 Å². The van der Waals surface area contributed by atoms with Gasteiger partial charge in [-0.05, 0) is 55.2 Å². The monoisotopic (exact) mass is 767 g/mol. The number of aromatic hydroxyl groups is 1. The molecule has 53 heavy (non-hydrogen) atoms. The number of nitro groups is 2. The molecular formula is C35H28Cl2FN5O10. The van der Waals surface area contributed by atoms with Crippen molar-refractivity contribution in [2.75, 3.05) is 35.9 Å². The van der Waals surface area contributed by atoms with Crippen LogP contribution in [0.1, 0.15) is 24.3 Å². The number of alkyl halides is 2. The normalized spacial score (nSPS) is 27.6. The summed E-state index contributed by atoms with van der Waals surface area (Å²) in [4.78, 5) is 78.1. The molecule has 3 aromatic rings. The number of anilines is 3. The van der Waals surface area contributed by atoms with Gasteiger partial charge in [0.05, 0.1) is 40.2 Å². The zero-order valence-electron chi connectivity index (χ0n) is 28.0. The summed E-state index contributed by atoms with van der Waals surface area (Å²) >= 11 is 14.7. The number of carbonyl (C=O) groups excluding carboxylic acids is 4. The number of allylic oxidation sites excluding steroid dienone is 2. The molecule has 6 atom stereocenters. The van der Waals surface area contributed by atoms with Gasteiger partial charge in [-0.2, -0.15) is 0 Å². The quantitative estimate of drug-likeness (QED) is 0.109. The van der Waals surface area contributed by atoms with E-state index >= 15 is 0 Å². The number of nitro benzene ring substituents is 2. The van der Waals surface area contributed by atoms with E-state index in [1.54, 1.807) is 6.08 Å². The highest BCUT2D eigenvalue weighted by Crippen LogP contribution is 2.67. The highest BCUT2D eigenvalue weighted by Gasteiger charge is 2.77. The van der Waals surface area contributed by atoms with Crippen LogP contribution in [0.25, 0.3) is 0 Å². The second-order valence-corrected chi connectivity index (χ2v) is 14.6. The van der Waals surface area contributed by atoms with E-state index in [0.717, 1.165) is 29.2 Å². The van der Waals surface area contributed by atoms with Crippen molar-refractivity contribution in [3.63, 3.8) is 0 Å². The topological polar surface area (TPSA) is 194 Å². The number of amides is 4. The maximum absolute atomic E-state index is 14.6. The molecule has 2 aliphatic carbocycles. The molecule has 4 aliphatic rings. The number of carbonyl (C=O) groups is 4. The van der Waals surface area contributed by atoms with Gasteiger partial charge in [0.25, 0.3) is 11.8 Å². The highest BCUT2D eigenvalue weighted by atomic mass is 35.5. The van der Waals surface area contributed by atoms with Crippen LogP contribution < -0.4 is 19.4 Å². The minimum Gasteiger partial charge on any atom is -0.508 e. The summed E-state index contributed by atoms with van der Waals surface area (Å²) in [5.41, 5.74) is -1.98. The third-order valence-electron chi connectivity index (χ3n) is 10.6. The molecule has 15 nitrogen and oxygen atoms in total. The van der Waals surface area contributed by atoms with E-state index in [1.165, 1.54) is 56.4 Å². The number of rotatable bonds is 7. The Bertz CT molecular complexity index is 2180. The molecule has 1 saturated carbocycles. The maximum atomic E-state index is 14.6. The van der Waals surface area contributed by atoms with Gasteiger partial charge in [-0.25, -0.2) is 14.2 Å². The van der Waals surface area contributed by atoms with Crippen molar-refractivity contribution in [2.45, 2.75) is 28.5 Å². The number of benzene rings is 3. The lowest BCUT2D eigenvalue weighted by Gasteiger charge is -2.50. The van der Waals surface area contributed by atoms with Crippen LogP contribution in [0.2, 0.25) is 0 Å². The van der Waals surface area contributed by atoms with Crippen LogP contribution in [-0.2, 0) is 19.2 Å². The van der Waals surface area contributed by atoms with Gasteiger partial charge in [0.2, 0.25) is 11.8 Å². The Balaban J connectivity index is 1.41. The minimum absolute atomic E-state index is 0.0225. The standard InChI is InChI=1S/C35H28Cl2FN5O10/c1-39(2)29-22(42(49)50)13-18(14-23(29)43(51)52)40-30(45)20-12-11-19-21(26(20)31(40)46)15-34(36)32(47)41(17-9-7-16(38)8-10-17)33(48)35(34,37)28(19)27-24(44)5-4-6-25(27)53-3/h4-11,13-14,20-21,26,28,44H,12,15H2,1-3H3. The Hall–Kier alpha value is -5.61. The summed E-state index contributed by atoms with van der Waals surface area (Å²) in [5.74, 6) is -9.55. The predicted octanol–water partition coefficient (Wildman–Crippen LogP) is 5.19. The lowest BCUT2D eigenvalue weighted by Crippen LogP contribution is -2.60. The molecule has 2 saturated heterocycles. The number of nitrogens with zero attached hydrogens (tertiary/aromatic N) is 5. The first-order valence-corrected chi connectivity index (χ1v) is 16.8. The molecule has 4 amide bonds. The molecule has 2 heterocycles. The van der Waals surface area contributed by atoms with E-state index in [0.29, 0.717) is 10.5 Å². The molecule has 0 radical (unpaired) electrons. The highest BCUT2D eigenvalue weighted by molar-refractivity contribution is 6.58. The number of phenolic OH excluding ortho intramolecular Hbond substituents is 1. The van der Waals surface area contributed by atoms with Crippen molar-refractivity contribution in [3.05, 3.63) is 97.9 Å². The van der Waals surface area contributed by atoms with Crippen molar-refractivity contribution in [2.24, 2.45) is 17.8 Å². The van der Waals surface area contributed by atoms with Crippen molar-refractivity contribution in [3.8, 4) is 11.5 Å². The lowest BCUT2D eigenvalue weighted by atomic mass is 9.56. The van der Waals surface area contributed by atoms with Crippen LogP contribution in [0.5, 0.6) is 11.5 Å². The molecule has 0 bridgehead atoms. The molecule has 6 unspecified atom stereocenters. The molecule has 7 rings (SSSR count). The first kappa shape index (κ1) is 35.8. The van der Waals surface area contributed by atoms with Gasteiger partial charge in [0.1, 0.15) is 17.3 Å². The van der Waals surface area contributed by atoms with Crippen LogP contribution in [0.4, 0.5) is 32.8 Å². The molecular weight excluding hydrogens is 740 g/mol. The minimum atomic E-state index is -2.37. The van der Waals surface area contributed by atoms with Gasteiger partial charge in [-0.1, -0.05) is 17.7 Å². The third-order valence-corrected chi connectivity index (χ3v) is 12.0. The summed E-state index contributed by atoms with van der Waals surface area (Å²) in [6.07, 6.45) is 1.01. The van der Waals surface area contributed by atoms with Crippen LogP contribution in [0.15, 0.2) is 66.2 Å². The van der Waals surface area contributed by atoms with Gasteiger partial charge in [-0.15, -0.1) is 23.2 Å². The van der Waals surface area contributed by atoms with Gasteiger partial charge in [0, 0.05) is 37.7 Å². The first-order chi connectivity index (χ1) is 25.0. The number of halogens is 3. The second kappa shape index (κ2) is 12.2. The van der Waals surface area contributed by atoms with Crippen LogP contribution >= 0.6 is 23.2 Å². The summed E-state index contributed by atoms with van der Waals surface area (Å²) in [7, 11) is 4.04. The fourth-order valence-corrected chi connectivity index (χ4v) is 9.34. The van der Waals surface area contributed by atoms with E-state index < -0.39 is 96.2 Å². The fraction of sp³-hybridized carbons (Fsp3) is 0.314. The maximum Gasteiger partial charge on any atom is 0.301 e. The molecule has 3 aromatic carbocycles. The molecule has 3 fully saturated rings. The number of imide groups is 2. The Labute approximate surface area is 309 Å². The molecule has 0 aromatic heterocycles. The molecule has 274 valence electrons. The predicted molar refractivity (Wildman–Crippen MR) is 188 cm³/mol. The van der Waals surface area contributed by atoms with Gasteiger partial charge >= 0.3 is 11.4 Å². The van der Waals surface area contributed by atoms with Crippen molar-refractivity contribution >= 4 is 75.3 Å². The zero-order chi connectivity index (χ0) is 38.5. The van der Waals surface area contributed by atoms with Gasteiger partial charge in [0.15, 0.2) is 15.4 Å². The number of hydrogen-bond acceptors (Lipinski definition) is 11. The average Bonchev–Trinajstić information content (AvgIpc) is 3.45. The Morgan fingerprint density at radius 3 is 2.09 bits per heavy atom. The fourth-order valence-electron chi connectivity index (χ4n) is 8.43. The summed E-state index contributed by atoms with van der Waals surface area (Å²) in [5, 5.41) is 35.6. The number of hydrogen-bond donors (Lipinski definition) is 1. The van der Waals surface area contributed by atoms with E-state index in [-0.39, 0.29) is 34.9 Å². The smallest absolute Gasteiger partial charge is 0.301 e. The van der Waals surface area contributed by atoms with Crippen LogP contribution in [0, 0.1) is 43.8 Å². The van der Waals surface area contributed by atoms with E-state index in [2.05, 4.69) is 0 Å². The Morgan fingerprint density at radius 2 is 1.53 bits per heavy atom. The van der Waals surface area contributed by atoms with E-state index in [4.69, 9.17) is 27.9 Å². The van der Waals surface area contributed by atoms with Crippen molar-refractivity contribution < 1.29 is 43.3 Å². The molecule has 18 heteroatoms. The first-order valence-electron chi connectivity index (χ1n) is 16.1. The summed E-state index contributed by atoms with van der Waals surface area (Å²) < 4.78 is 19.5. The number of ether oxygens (including phenoxy) is 1. The largest absolute Gasteiger partial charge is 0.508 e. The summed E-state index contributed by atoms with van der Waals surface area (Å²) in [6.45, 7) is 0. The SMILES string of the molecule is COc1cccc(O)c1C1C2=CCC3C(=O)N(c4cc([N+](=O)[O-])c(N(C)C)c([N+](=O)[O-])c4)C(=O)C3C2CC2(Cl)C(=O)N(c3ccc(F)cc3)C(=O)C12Cl. The number of methoxy groups -OCH3 is 1. The van der Waals surface area contributed by atoms with Crippen molar-refractivity contribution in [1.82, 2.24) is 0 Å². The van der Waals surface area contributed by atoms with Gasteiger partial charge < -0.3 is 14.7 Å². The Kier molecular flexibility index (Phi) is 8.26. The molecule has 1 N–H and O–H groups in total. The average molecular weight is 769 g/mol. The lowest BCUT2D eigenvalue weighted by molar-refractivity contribution is -0.392. The zero-order valence-corrected chi connectivity index (χ0v) is 29.5. The second-order valence-electron chi connectivity index (χ2n) is 13.4. The molecule has 0 spiro atoms. The third kappa shape index (κ3) is 4.84. The van der Waals surface area contributed by atoms with Gasteiger partial charge in [-0.3, -0.25) is 39.4 Å². The summed E-state index contributed by atoms with van der Waals surface area (Å²) in [6, 6.07) is 10.5. The molecule has 2 aliphatic heterocycles. The van der Waals surface area contributed by atoms with Crippen LogP contribution in [0.3, 0.4) is 0 Å². The van der Waals surface area contributed by atoms with Crippen LogP contribution in [-0.4, -0.2) is 69.5 Å². The van der Waals surface area contributed by atoms with E-state index in [1.807, 2.05) is 0 Å².